The Bertz CT molecular complexity index is 970. The van der Waals surface area contributed by atoms with Gasteiger partial charge in [-0.3, -0.25) is 9.59 Å². The Labute approximate surface area is 377 Å². The van der Waals surface area contributed by atoms with Crippen LogP contribution in [0.15, 0.2) is 0 Å². The number of carboxylic acids is 1. The van der Waals surface area contributed by atoms with E-state index in [4.69, 9.17) is 18.9 Å². The Morgan fingerprint density at radius 1 is 0.426 bits per heavy atom. The summed E-state index contributed by atoms with van der Waals surface area (Å²) in [4.78, 5) is 37.2. The van der Waals surface area contributed by atoms with E-state index in [1.54, 1.807) is 0 Å². The predicted octanol–water partition coefficient (Wildman–Crippen LogP) is 14.5. The number of likely N-dealkylation sites (N-methyl/N-ethyl adjacent to an activating group) is 1. The van der Waals surface area contributed by atoms with E-state index in [2.05, 4.69) is 13.8 Å². The highest BCUT2D eigenvalue weighted by Crippen LogP contribution is 2.17. The highest BCUT2D eigenvalue weighted by Gasteiger charge is 2.25. The van der Waals surface area contributed by atoms with Gasteiger partial charge < -0.3 is 28.5 Å². The molecular formula is C52H102NO8+. The number of nitrogens with zero attached hydrogens (tertiary/aromatic N) is 1. The topological polar surface area (TPSA) is 108 Å². The summed E-state index contributed by atoms with van der Waals surface area (Å²) < 4.78 is 22.8. The molecule has 0 saturated heterocycles. The van der Waals surface area contributed by atoms with Gasteiger partial charge in [0.1, 0.15) is 13.2 Å². The molecule has 0 heterocycles. The summed E-state index contributed by atoms with van der Waals surface area (Å²) in [6.45, 7) is 4.91. The zero-order chi connectivity index (χ0) is 44.9. The Hall–Kier alpha value is -1.71. The minimum absolute atomic E-state index is 0.173. The van der Waals surface area contributed by atoms with Gasteiger partial charge in [0, 0.05) is 12.8 Å². The molecule has 9 heteroatoms. The molecule has 0 fully saturated rings. The fourth-order valence-corrected chi connectivity index (χ4v) is 7.78. The van der Waals surface area contributed by atoms with Crippen LogP contribution in [0.25, 0.3) is 0 Å². The third-order valence-corrected chi connectivity index (χ3v) is 11.9. The lowest BCUT2D eigenvalue weighted by molar-refractivity contribution is -0.870. The van der Waals surface area contributed by atoms with E-state index in [1.165, 1.54) is 193 Å². The number of quaternary nitrogens is 1. The van der Waals surface area contributed by atoms with Gasteiger partial charge in [-0.05, 0) is 12.8 Å². The number of esters is 2. The molecule has 2 atom stereocenters. The Morgan fingerprint density at radius 3 is 1.05 bits per heavy atom. The molecule has 0 spiro atoms. The van der Waals surface area contributed by atoms with E-state index in [0.717, 1.165) is 38.5 Å². The molecule has 0 saturated carbocycles. The van der Waals surface area contributed by atoms with Gasteiger partial charge in [0.15, 0.2) is 6.10 Å². The van der Waals surface area contributed by atoms with Crippen molar-refractivity contribution in [1.82, 2.24) is 0 Å². The summed E-state index contributed by atoms with van der Waals surface area (Å²) in [5.41, 5.74) is 0. The highest BCUT2D eigenvalue weighted by molar-refractivity contribution is 5.71. The lowest BCUT2D eigenvalue weighted by atomic mass is 10.0. The molecule has 1 N–H and O–H groups in total. The van der Waals surface area contributed by atoms with Gasteiger partial charge in [-0.1, -0.05) is 232 Å². The minimum Gasteiger partial charge on any atom is -0.477 e. The van der Waals surface area contributed by atoms with Crippen LogP contribution in [0.4, 0.5) is 0 Å². The van der Waals surface area contributed by atoms with Gasteiger partial charge in [-0.15, -0.1) is 0 Å². The number of hydrogen-bond donors (Lipinski definition) is 1. The standard InChI is InChI=1S/C52H101NO8/c1-6-8-10-12-14-16-18-19-20-21-22-23-24-25-26-27-28-29-30-31-33-35-37-39-41-43-50(55)61-48(47-60-52(51(56)57)58-45-44-53(3,4)5)46-59-49(54)42-40-38-36-34-32-17-15-13-11-9-7-2/h48,52H,6-47H2,1-5H3/p+1. The first-order valence-electron chi connectivity index (χ1n) is 26.2. The molecule has 0 aromatic heterocycles. The van der Waals surface area contributed by atoms with Crippen LogP contribution >= 0.6 is 0 Å². The summed E-state index contributed by atoms with van der Waals surface area (Å²) in [5.74, 6) is -1.98. The molecule has 0 aliphatic carbocycles. The van der Waals surface area contributed by atoms with E-state index in [1.807, 2.05) is 21.1 Å². The number of carboxylic acid groups (broad SMARTS) is 1. The Morgan fingerprint density at radius 2 is 0.738 bits per heavy atom. The lowest BCUT2D eigenvalue weighted by Gasteiger charge is -2.25. The Balaban J connectivity index is 4.16. The van der Waals surface area contributed by atoms with Crippen LogP contribution in [0, 0.1) is 0 Å². The van der Waals surface area contributed by atoms with Gasteiger partial charge in [0.05, 0.1) is 34.4 Å². The molecule has 2 unspecified atom stereocenters. The van der Waals surface area contributed by atoms with Crippen molar-refractivity contribution in [2.24, 2.45) is 0 Å². The Kier molecular flexibility index (Phi) is 43.6. The summed E-state index contributed by atoms with van der Waals surface area (Å²) in [5, 5.41) is 9.65. The van der Waals surface area contributed by atoms with Crippen molar-refractivity contribution in [3.63, 3.8) is 0 Å². The number of rotatable bonds is 49. The van der Waals surface area contributed by atoms with Crippen LogP contribution in [0.1, 0.15) is 258 Å². The van der Waals surface area contributed by atoms with Crippen LogP contribution in [-0.2, 0) is 33.3 Å². The maximum atomic E-state index is 12.8. The van der Waals surface area contributed by atoms with E-state index in [0.29, 0.717) is 17.4 Å². The predicted molar refractivity (Wildman–Crippen MR) is 254 cm³/mol. The molecular weight excluding hydrogens is 767 g/mol. The third-order valence-electron chi connectivity index (χ3n) is 11.9. The van der Waals surface area contributed by atoms with Crippen molar-refractivity contribution in [1.29, 1.82) is 0 Å². The number of carbonyl (C=O) groups is 3. The molecule has 0 aliphatic heterocycles. The first kappa shape index (κ1) is 59.3. The first-order valence-corrected chi connectivity index (χ1v) is 26.2. The molecule has 0 rings (SSSR count). The van der Waals surface area contributed by atoms with Crippen LogP contribution in [-0.4, -0.2) is 87.4 Å². The summed E-state index contributed by atoms with van der Waals surface area (Å²) in [6, 6.07) is 0. The largest absolute Gasteiger partial charge is 0.477 e. The molecule has 362 valence electrons. The zero-order valence-corrected chi connectivity index (χ0v) is 41.1. The average Bonchev–Trinajstić information content (AvgIpc) is 3.22. The van der Waals surface area contributed by atoms with Crippen molar-refractivity contribution in [2.45, 2.75) is 270 Å². The van der Waals surface area contributed by atoms with Crippen LogP contribution < -0.4 is 0 Å². The van der Waals surface area contributed by atoms with Gasteiger partial charge in [0.25, 0.3) is 6.29 Å². The molecule has 0 bridgehead atoms. The van der Waals surface area contributed by atoms with Gasteiger partial charge in [-0.25, -0.2) is 4.79 Å². The van der Waals surface area contributed by atoms with Crippen molar-refractivity contribution in [2.75, 3.05) is 47.5 Å². The fourth-order valence-electron chi connectivity index (χ4n) is 7.78. The van der Waals surface area contributed by atoms with Gasteiger partial charge >= 0.3 is 17.9 Å². The molecule has 0 radical (unpaired) electrons. The van der Waals surface area contributed by atoms with E-state index >= 15 is 0 Å². The maximum absolute atomic E-state index is 12.8. The van der Waals surface area contributed by atoms with Crippen LogP contribution in [0.2, 0.25) is 0 Å². The minimum atomic E-state index is -1.50. The number of unbranched alkanes of at least 4 members (excludes halogenated alkanes) is 34. The van der Waals surface area contributed by atoms with E-state index < -0.39 is 18.4 Å². The zero-order valence-electron chi connectivity index (χ0n) is 41.1. The molecule has 0 amide bonds. The second-order valence-electron chi connectivity index (χ2n) is 19.2. The molecule has 61 heavy (non-hydrogen) atoms. The second-order valence-corrected chi connectivity index (χ2v) is 19.2. The quantitative estimate of drug-likeness (QED) is 0.0279. The summed E-state index contributed by atoms with van der Waals surface area (Å²) >= 11 is 0. The molecule has 0 aliphatic rings. The van der Waals surface area contributed by atoms with E-state index in [9.17, 15) is 19.5 Å². The van der Waals surface area contributed by atoms with Gasteiger partial charge in [-0.2, -0.15) is 0 Å². The molecule has 9 nitrogen and oxygen atoms in total. The monoisotopic (exact) mass is 869 g/mol. The third kappa shape index (κ3) is 46.1. The summed E-state index contributed by atoms with van der Waals surface area (Å²) in [7, 11) is 5.97. The highest BCUT2D eigenvalue weighted by atomic mass is 16.7. The average molecular weight is 869 g/mol. The lowest BCUT2D eigenvalue weighted by Crippen LogP contribution is -2.40. The molecule has 0 aromatic carbocycles. The van der Waals surface area contributed by atoms with Crippen LogP contribution in [0.5, 0.6) is 0 Å². The van der Waals surface area contributed by atoms with Crippen molar-refractivity contribution < 1.29 is 42.9 Å². The van der Waals surface area contributed by atoms with E-state index in [-0.39, 0.29) is 38.2 Å². The summed E-state index contributed by atoms with van der Waals surface area (Å²) in [6.07, 6.45) is 44.7. The smallest absolute Gasteiger partial charge is 0.361 e. The number of ether oxygens (including phenoxy) is 4. The SMILES string of the molecule is CCCCCCCCCCCCCCCCCCCCCCCCCCCC(=O)OC(COC(=O)CCCCCCCCCCCCC)COC(OCC[N+](C)(C)C)C(=O)O. The molecule has 0 aromatic rings. The van der Waals surface area contributed by atoms with Crippen LogP contribution in [0.3, 0.4) is 0 Å². The number of carbonyl (C=O) groups excluding carboxylic acids is 2. The normalized spacial score (nSPS) is 12.7. The number of hydrogen-bond acceptors (Lipinski definition) is 7. The number of aliphatic carboxylic acids is 1. The van der Waals surface area contributed by atoms with Crippen molar-refractivity contribution >= 4 is 17.9 Å². The van der Waals surface area contributed by atoms with Crippen molar-refractivity contribution in [3.8, 4) is 0 Å². The first-order chi connectivity index (χ1) is 29.6. The van der Waals surface area contributed by atoms with Crippen molar-refractivity contribution in [3.05, 3.63) is 0 Å². The van der Waals surface area contributed by atoms with Gasteiger partial charge in [0.2, 0.25) is 0 Å². The fraction of sp³-hybridized carbons (Fsp3) is 0.942. The maximum Gasteiger partial charge on any atom is 0.361 e. The second kappa shape index (κ2) is 44.9.